The topological polar surface area (TPSA) is 63.7 Å². The minimum absolute atomic E-state index is 0.0319. The van der Waals surface area contributed by atoms with Crippen LogP contribution in [0.3, 0.4) is 0 Å². The van der Waals surface area contributed by atoms with Gasteiger partial charge in [0.15, 0.2) is 11.6 Å². The first kappa shape index (κ1) is 24.0. The Hall–Kier alpha value is -3.73. The van der Waals surface area contributed by atoms with Gasteiger partial charge in [0.25, 0.3) is 0 Å². The van der Waals surface area contributed by atoms with E-state index >= 15 is 0 Å². The van der Waals surface area contributed by atoms with Gasteiger partial charge in [-0.2, -0.15) is 0 Å². The highest BCUT2D eigenvalue weighted by Gasteiger charge is 2.32. The standard InChI is InChI=1S/C31H31NO4/c1-19(2)21-8-11-23(12-9-21)32(18-20-7-14-25-28(15-20)30(34)17-29(25)33)31(35)26-6-4-5-22-10-13-24(36-3)16-27(22)26/h7-16,19,26H,4-6,17-18H2,1-3H3. The maximum absolute atomic E-state index is 14.2. The number of carbonyl (C=O) groups is 3. The molecular weight excluding hydrogens is 450 g/mol. The molecule has 0 aromatic heterocycles. The van der Waals surface area contributed by atoms with Crippen LogP contribution >= 0.6 is 0 Å². The lowest BCUT2D eigenvalue weighted by Crippen LogP contribution is -2.36. The molecule has 0 aliphatic heterocycles. The van der Waals surface area contributed by atoms with Gasteiger partial charge >= 0.3 is 0 Å². The van der Waals surface area contributed by atoms with Crippen LogP contribution in [0.1, 0.15) is 87.9 Å². The average molecular weight is 482 g/mol. The zero-order valence-electron chi connectivity index (χ0n) is 21.0. The van der Waals surface area contributed by atoms with E-state index in [9.17, 15) is 14.4 Å². The molecule has 184 valence electrons. The molecule has 1 amide bonds. The number of benzene rings is 3. The summed E-state index contributed by atoms with van der Waals surface area (Å²) in [6.07, 6.45) is 2.61. The first-order valence-corrected chi connectivity index (χ1v) is 12.6. The van der Waals surface area contributed by atoms with Crippen LogP contribution in [-0.2, 0) is 17.8 Å². The van der Waals surface area contributed by atoms with Gasteiger partial charge in [0, 0.05) is 16.8 Å². The Morgan fingerprint density at radius 1 is 0.972 bits per heavy atom. The third-order valence-corrected chi connectivity index (χ3v) is 7.45. The second kappa shape index (κ2) is 9.73. The van der Waals surface area contributed by atoms with E-state index in [2.05, 4.69) is 32.0 Å². The number of aryl methyl sites for hydroxylation is 1. The maximum atomic E-state index is 14.2. The third kappa shape index (κ3) is 4.46. The Labute approximate surface area is 212 Å². The predicted octanol–water partition coefficient (Wildman–Crippen LogP) is 6.24. The summed E-state index contributed by atoms with van der Waals surface area (Å²) in [6.45, 7) is 4.62. The van der Waals surface area contributed by atoms with Gasteiger partial charge in [0.05, 0.1) is 26.0 Å². The van der Waals surface area contributed by atoms with Crippen LogP contribution in [0.4, 0.5) is 5.69 Å². The molecule has 36 heavy (non-hydrogen) atoms. The Kier molecular flexibility index (Phi) is 6.48. The fraction of sp³-hybridized carbons (Fsp3) is 0.323. The second-order valence-electron chi connectivity index (χ2n) is 10.1. The first-order valence-electron chi connectivity index (χ1n) is 12.6. The lowest BCUT2D eigenvalue weighted by Gasteiger charge is -2.31. The Bertz CT molecular complexity index is 1340. The molecule has 0 radical (unpaired) electrons. The van der Waals surface area contributed by atoms with Crippen molar-refractivity contribution in [2.75, 3.05) is 12.0 Å². The van der Waals surface area contributed by atoms with E-state index in [1.54, 1.807) is 19.2 Å². The summed E-state index contributed by atoms with van der Waals surface area (Å²) in [4.78, 5) is 40.5. The van der Waals surface area contributed by atoms with Gasteiger partial charge in [-0.3, -0.25) is 14.4 Å². The van der Waals surface area contributed by atoms with Crippen LogP contribution in [0.2, 0.25) is 0 Å². The van der Waals surface area contributed by atoms with Gasteiger partial charge in [-0.25, -0.2) is 0 Å². The molecule has 2 aliphatic rings. The molecule has 1 atom stereocenters. The molecule has 5 rings (SSSR count). The first-order chi connectivity index (χ1) is 17.4. The number of ketones is 2. The number of nitrogens with zero attached hydrogens (tertiary/aromatic N) is 1. The fourth-order valence-corrected chi connectivity index (χ4v) is 5.37. The van der Waals surface area contributed by atoms with Gasteiger partial charge in [0.2, 0.25) is 5.91 Å². The fourth-order valence-electron chi connectivity index (χ4n) is 5.37. The van der Waals surface area contributed by atoms with Crippen molar-refractivity contribution >= 4 is 23.2 Å². The molecule has 0 fully saturated rings. The van der Waals surface area contributed by atoms with Gasteiger partial charge in [0.1, 0.15) is 5.75 Å². The maximum Gasteiger partial charge on any atom is 0.234 e. The van der Waals surface area contributed by atoms with Gasteiger partial charge < -0.3 is 9.64 Å². The van der Waals surface area contributed by atoms with Crippen molar-refractivity contribution < 1.29 is 19.1 Å². The highest BCUT2D eigenvalue weighted by molar-refractivity contribution is 6.24. The van der Waals surface area contributed by atoms with Crippen molar-refractivity contribution in [3.8, 4) is 5.75 Å². The second-order valence-corrected chi connectivity index (χ2v) is 10.1. The molecule has 0 saturated heterocycles. The van der Waals surface area contributed by atoms with Crippen LogP contribution in [0.15, 0.2) is 60.7 Å². The lowest BCUT2D eigenvalue weighted by atomic mass is 9.81. The lowest BCUT2D eigenvalue weighted by molar-refractivity contribution is -0.120. The third-order valence-electron chi connectivity index (χ3n) is 7.45. The molecule has 0 bridgehead atoms. The van der Waals surface area contributed by atoms with E-state index in [-0.39, 0.29) is 29.8 Å². The average Bonchev–Trinajstić information content (AvgIpc) is 3.18. The predicted molar refractivity (Wildman–Crippen MR) is 140 cm³/mol. The summed E-state index contributed by atoms with van der Waals surface area (Å²) in [5, 5.41) is 0. The van der Waals surface area contributed by atoms with E-state index in [1.165, 1.54) is 11.1 Å². The molecule has 5 heteroatoms. The number of fused-ring (bicyclic) bond motifs is 2. The van der Waals surface area contributed by atoms with E-state index in [4.69, 9.17) is 4.74 Å². The normalized spacial score (nSPS) is 16.6. The van der Waals surface area contributed by atoms with Crippen LogP contribution < -0.4 is 9.64 Å². The molecule has 0 spiro atoms. The summed E-state index contributed by atoms with van der Waals surface area (Å²) >= 11 is 0. The number of carbonyl (C=O) groups excluding carboxylic acids is 3. The Balaban J connectivity index is 1.53. The van der Waals surface area contributed by atoms with Crippen molar-refractivity contribution in [3.63, 3.8) is 0 Å². The number of rotatable bonds is 6. The van der Waals surface area contributed by atoms with E-state index in [0.717, 1.165) is 41.8 Å². The van der Waals surface area contributed by atoms with Gasteiger partial charge in [-0.1, -0.05) is 44.2 Å². The molecule has 5 nitrogen and oxygen atoms in total. The van der Waals surface area contributed by atoms with Gasteiger partial charge in [-0.15, -0.1) is 0 Å². The van der Waals surface area contributed by atoms with Crippen LogP contribution in [0.5, 0.6) is 5.75 Å². The van der Waals surface area contributed by atoms with E-state index in [0.29, 0.717) is 23.6 Å². The van der Waals surface area contributed by atoms with E-state index in [1.807, 2.05) is 35.2 Å². The van der Waals surface area contributed by atoms with Crippen molar-refractivity contribution in [2.45, 2.75) is 57.9 Å². The smallest absolute Gasteiger partial charge is 0.234 e. The molecule has 2 aliphatic carbocycles. The van der Waals surface area contributed by atoms with Crippen LogP contribution in [-0.4, -0.2) is 24.6 Å². The molecule has 0 heterocycles. The number of hydrogen-bond acceptors (Lipinski definition) is 4. The summed E-state index contributed by atoms with van der Waals surface area (Å²) in [5.74, 6) is 0.621. The Morgan fingerprint density at radius 3 is 2.44 bits per heavy atom. The number of amides is 1. The van der Waals surface area contributed by atoms with Crippen LogP contribution in [0, 0.1) is 0 Å². The van der Waals surface area contributed by atoms with Crippen molar-refractivity contribution in [1.82, 2.24) is 0 Å². The SMILES string of the molecule is COc1ccc2c(c1)C(C(=O)N(Cc1ccc3c(c1)C(=O)CC3=O)c1ccc(C(C)C)cc1)CCC2. The largest absolute Gasteiger partial charge is 0.497 e. The Morgan fingerprint density at radius 2 is 1.72 bits per heavy atom. The zero-order chi connectivity index (χ0) is 25.4. The monoisotopic (exact) mass is 481 g/mol. The summed E-state index contributed by atoms with van der Waals surface area (Å²) in [7, 11) is 1.64. The number of anilines is 1. The van der Waals surface area contributed by atoms with Crippen LogP contribution in [0.25, 0.3) is 0 Å². The zero-order valence-corrected chi connectivity index (χ0v) is 21.0. The number of ether oxygens (including phenoxy) is 1. The van der Waals surface area contributed by atoms with E-state index < -0.39 is 0 Å². The van der Waals surface area contributed by atoms with Crippen molar-refractivity contribution in [1.29, 1.82) is 0 Å². The highest BCUT2D eigenvalue weighted by Crippen LogP contribution is 2.37. The van der Waals surface area contributed by atoms with Crippen molar-refractivity contribution in [2.24, 2.45) is 0 Å². The molecule has 3 aromatic carbocycles. The quantitative estimate of drug-likeness (QED) is 0.391. The van der Waals surface area contributed by atoms with Crippen molar-refractivity contribution in [3.05, 3.63) is 94.0 Å². The molecule has 0 N–H and O–H groups in total. The van der Waals surface area contributed by atoms with Gasteiger partial charge in [-0.05, 0) is 77.8 Å². The minimum atomic E-state index is -0.272. The number of methoxy groups -OCH3 is 1. The molecular formula is C31H31NO4. The minimum Gasteiger partial charge on any atom is -0.497 e. The number of Topliss-reactive ketones (excluding diaryl/α,β-unsaturated/α-hetero) is 2. The summed E-state index contributed by atoms with van der Waals surface area (Å²) in [5.41, 5.74) is 6.04. The summed E-state index contributed by atoms with van der Waals surface area (Å²) < 4.78 is 5.46. The highest BCUT2D eigenvalue weighted by atomic mass is 16.5. The molecule has 1 unspecified atom stereocenters. The number of hydrogen-bond donors (Lipinski definition) is 0. The molecule has 3 aromatic rings. The molecule has 0 saturated carbocycles. The summed E-state index contributed by atoms with van der Waals surface area (Å²) in [6, 6.07) is 19.5.